The van der Waals surface area contributed by atoms with Gasteiger partial charge in [0.2, 0.25) is 5.16 Å². The monoisotopic (exact) mass is 192 g/mol. The highest BCUT2D eigenvalue weighted by Crippen LogP contribution is 2.04. The molecule has 0 saturated carbocycles. The molecule has 0 aliphatic carbocycles. The van der Waals surface area contributed by atoms with Gasteiger partial charge in [-0.15, -0.1) is 5.10 Å². The Balaban J connectivity index is 0.000000292. The Bertz CT molecular complexity index is 188. The van der Waals surface area contributed by atoms with Crippen molar-refractivity contribution in [3.05, 3.63) is 0 Å². The van der Waals surface area contributed by atoms with Crippen LogP contribution in [0.15, 0.2) is 5.16 Å². The summed E-state index contributed by atoms with van der Waals surface area (Å²) in [6.45, 7) is 1.99. The van der Waals surface area contributed by atoms with Crippen molar-refractivity contribution in [3.63, 3.8) is 0 Å². The van der Waals surface area contributed by atoms with Crippen LogP contribution in [0, 0.1) is 0 Å². The van der Waals surface area contributed by atoms with Gasteiger partial charge in [0.05, 0.1) is 0 Å². The number of aryl methyl sites for hydroxylation is 1. The molecule has 6 heteroatoms. The minimum Gasteiger partial charge on any atom is -0.224 e. The molecule has 0 spiro atoms. The zero-order chi connectivity index (χ0) is 8.69. The first-order valence-electron chi connectivity index (χ1n) is 3.13. The SMILES string of the molecule is CCS.CSc1nnnn1C. The summed E-state index contributed by atoms with van der Waals surface area (Å²) in [6, 6.07) is 0. The van der Waals surface area contributed by atoms with E-state index in [9.17, 15) is 0 Å². The number of thiol groups is 1. The van der Waals surface area contributed by atoms with E-state index >= 15 is 0 Å². The van der Waals surface area contributed by atoms with Gasteiger partial charge in [0.1, 0.15) is 0 Å². The Hall–Kier alpha value is -0.230. The number of tetrazole rings is 1. The maximum absolute atomic E-state index is 3.79. The van der Waals surface area contributed by atoms with Crippen LogP contribution in [0.3, 0.4) is 0 Å². The quantitative estimate of drug-likeness (QED) is 0.529. The fraction of sp³-hybridized carbons (Fsp3) is 0.800. The second-order valence-corrected chi connectivity index (χ2v) is 3.01. The second-order valence-electron chi connectivity index (χ2n) is 1.61. The maximum Gasteiger partial charge on any atom is 0.208 e. The van der Waals surface area contributed by atoms with Crippen LogP contribution in [0.5, 0.6) is 0 Å². The topological polar surface area (TPSA) is 43.6 Å². The molecule has 0 N–H and O–H groups in total. The Morgan fingerprint density at radius 3 is 2.36 bits per heavy atom. The number of hydrogen-bond acceptors (Lipinski definition) is 5. The summed E-state index contributed by atoms with van der Waals surface area (Å²) < 4.78 is 1.63. The lowest BCUT2D eigenvalue weighted by Crippen LogP contribution is -1.91. The highest BCUT2D eigenvalue weighted by Gasteiger charge is 1.95. The fourth-order valence-corrected chi connectivity index (χ4v) is 0.813. The van der Waals surface area contributed by atoms with Gasteiger partial charge in [0.25, 0.3) is 0 Å². The minimum atomic E-state index is 0.838. The summed E-state index contributed by atoms with van der Waals surface area (Å²) in [6.07, 6.45) is 1.94. The molecular formula is C5H12N4S2. The van der Waals surface area contributed by atoms with E-state index in [1.54, 1.807) is 4.68 Å². The van der Waals surface area contributed by atoms with E-state index < -0.39 is 0 Å². The third-order valence-corrected chi connectivity index (χ3v) is 1.47. The van der Waals surface area contributed by atoms with Crippen molar-refractivity contribution in [1.82, 2.24) is 20.2 Å². The van der Waals surface area contributed by atoms with Gasteiger partial charge in [-0.1, -0.05) is 18.7 Å². The summed E-state index contributed by atoms with van der Waals surface area (Å²) in [5.74, 6) is 0.944. The normalized spacial score (nSPS) is 8.73. The van der Waals surface area contributed by atoms with Crippen LogP contribution in [0.2, 0.25) is 0 Å². The van der Waals surface area contributed by atoms with Gasteiger partial charge in [0, 0.05) is 7.05 Å². The Labute approximate surface area is 76.2 Å². The number of thioether (sulfide) groups is 1. The van der Waals surface area contributed by atoms with E-state index in [1.165, 1.54) is 11.8 Å². The molecule has 11 heavy (non-hydrogen) atoms. The van der Waals surface area contributed by atoms with Crippen molar-refractivity contribution >= 4 is 24.4 Å². The average molecular weight is 192 g/mol. The summed E-state index contributed by atoms with van der Waals surface area (Å²) in [5, 5.41) is 11.6. The first-order chi connectivity index (χ1) is 5.26. The lowest BCUT2D eigenvalue weighted by atomic mass is 11.0. The van der Waals surface area contributed by atoms with Crippen LogP contribution in [-0.2, 0) is 7.05 Å². The number of hydrogen-bond donors (Lipinski definition) is 1. The molecule has 0 aliphatic heterocycles. The molecule has 0 bridgehead atoms. The van der Waals surface area contributed by atoms with Crippen molar-refractivity contribution < 1.29 is 0 Å². The van der Waals surface area contributed by atoms with Gasteiger partial charge in [-0.05, 0) is 22.4 Å². The van der Waals surface area contributed by atoms with Crippen LogP contribution in [0.4, 0.5) is 0 Å². The van der Waals surface area contributed by atoms with E-state index in [4.69, 9.17) is 0 Å². The van der Waals surface area contributed by atoms with E-state index in [-0.39, 0.29) is 0 Å². The molecule has 0 unspecified atom stereocenters. The standard InChI is InChI=1S/C3H6N4S.C2H6S/c1-7-3(8-2)4-5-6-7;1-2-3/h1-2H3;3H,2H2,1H3. The van der Waals surface area contributed by atoms with E-state index in [2.05, 4.69) is 28.2 Å². The molecule has 1 heterocycles. The van der Waals surface area contributed by atoms with Gasteiger partial charge in [-0.25, -0.2) is 4.68 Å². The zero-order valence-electron chi connectivity index (χ0n) is 6.85. The van der Waals surface area contributed by atoms with Crippen LogP contribution in [-0.4, -0.2) is 32.2 Å². The van der Waals surface area contributed by atoms with Crippen molar-refractivity contribution in [2.75, 3.05) is 12.0 Å². The first kappa shape index (κ1) is 10.8. The molecule has 0 aliphatic rings. The maximum atomic E-state index is 3.79. The summed E-state index contributed by atoms with van der Waals surface area (Å²) in [5.41, 5.74) is 0. The summed E-state index contributed by atoms with van der Waals surface area (Å²) in [4.78, 5) is 0. The lowest BCUT2D eigenvalue weighted by molar-refractivity contribution is 0.665. The van der Waals surface area contributed by atoms with E-state index in [0.29, 0.717) is 0 Å². The highest BCUT2D eigenvalue weighted by atomic mass is 32.2. The van der Waals surface area contributed by atoms with Gasteiger partial charge in [-0.3, -0.25) is 0 Å². The highest BCUT2D eigenvalue weighted by molar-refractivity contribution is 7.98. The lowest BCUT2D eigenvalue weighted by Gasteiger charge is -1.86. The van der Waals surface area contributed by atoms with E-state index in [0.717, 1.165) is 10.9 Å². The third kappa shape index (κ3) is 4.26. The van der Waals surface area contributed by atoms with Crippen LogP contribution < -0.4 is 0 Å². The molecule has 64 valence electrons. The Morgan fingerprint density at radius 2 is 2.18 bits per heavy atom. The summed E-state index contributed by atoms with van der Waals surface area (Å²) >= 11 is 5.32. The zero-order valence-corrected chi connectivity index (χ0v) is 8.56. The Morgan fingerprint density at radius 1 is 1.64 bits per heavy atom. The van der Waals surface area contributed by atoms with Crippen molar-refractivity contribution in [1.29, 1.82) is 0 Å². The molecule has 0 amide bonds. The molecule has 0 aromatic carbocycles. The van der Waals surface area contributed by atoms with Crippen molar-refractivity contribution in [2.45, 2.75) is 12.1 Å². The predicted octanol–water partition coefficient (Wildman–Crippen LogP) is 0.868. The van der Waals surface area contributed by atoms with Gasteiger partial charge in [-0.2, -0.15) is 12.6 Å². The molecule has 0 radical (unpaired) electrons. The molecule has 1 aromatic heterocycles. The van der Waals surface area contributed by atoms with Gasteiger partial charge < -0.3 is 0 Å². The fourth-order valence-electron chi connectivity index (χ4n) is 0.394. The molecule has 0 saturated heterocycles. The van der Waals surface area contributed by atoms with Gasteiger partial charge in [0.15, 0.2) is 0 Å². The van der Waals surface area contributed by atoms with Crippen molar-refractivity contribution in [2.24, 2.45) is 7.05 Å². The second kappa shape index (κ2) is 6.48. The van der Waals surface area contributed by atoms with Crippen LogP contribution in [0.1, 0.15) is 6.92 Å². The average Bonchev–Trinajstić information content (AvgIpc) is 2.36. The van der Waals surface area contributed by atoms with Crippen molar-refractivity contribution in [3.8, 4) is 0 Å². The molecule has 4 nitrogen and oxygen atoms in total. The smallest absolute Gasteiger partial charge is 0.208 e. The Kier molecular flexibility index (Phi) is 6.34. The molecule has 0 fully saturated rings. The summed E-state index contributed by atoms with van der Waals surface area (Å²) in [7, 11) is 1.81. The molecular weight excluding hydrogens is 180 g/mol. The number of rotatable bonds is 1. The van der Waals surface area contributed by atoms with E-state index in [1.807, 2.05) is 20.2 Å². The third-order valence-electron chi connectivity index (χ3n) is 0.764. The molecule has 1 aromatic rings. The number of nitrogens with zero attached hydrogens (tertiary/aromatic N) is 4. The predicted molar refractivity (Wildman–Crippen MR) is 50.1 cm³/mol. The van der Waals surface area contributed by atoms with Gasteiger partial charge >= 0.3 is 0 Å². The molecule has 1 rings (SSSR count). The number of aromatic nitrogens is 4. The van der Waals surface area contributed by atoms with Crippen LogP contribution >= 0.6 is 24.4 Å². The first-order valence-corrected chi connectivity index (χ1v) is 4.99. The molecule has 0 atom stereocenters. The van der Waals surface area contributed by atoms with Crippen LogP contribution in [0.25, 0.3) is 0 Å². The minimum absolute atomic E-state index is 0.838. The largest absolute Gasteiger partial charge is 0.224 e.